The van der Waals surface area contributed by atoms with Gasteiger partial charge in [0.2, 0.25) is 0 Å². The highest BCUT2D eigenvalue weighted by Crippen LogP contribution is 1.96. The number of urea groups is 1. The van der Waals surface area contributed by atoms with Crippen LogP contribution in [-0.2, 0) is 0 Å². The van der Waals surface area contributed by atoms with E-state index in [4.69, 9.17) is 0 Å². The lowest BCUT2D eigenvalue weighted by atomic mass is 10.4. The Hall–Kier alpha value is -0.770. The van der Waals surface area contributed by atoms with Gasteiger partial charge in [0, 0.05) is 40.3 Å². The van der Waals surface area contributed by atoms with Crippen molar-refractivity contribution < 1.29 is 4.79 Å². The van der Waals surface area contributed by atoms with E-state index in [1.807, 2.05) is 4.90 Å². The fourth-order valence-electron chi connectivity index (χ4n) is 1.08. The van der Waals surface area contributed by atoms with Gasteiger partial charge in [-0.2, -0.15) is 0 Å². The van der Waals surface area contributed by atoms with Crippen LogP contribution in [0.2, 0.25) is 0 Å². The van der Waals surface area contributed by atoms with Gasteiger partial charge in [-0.05, 0) is 0 Å². The third kappa shape index (κ3) is 2.08. The molecule has 1 saturated heterocycles. The molecule has 0 bridgehead atoms. The van der Waals surface area contributed by atoms with Crippen molar-refractivity contribution in [2.45, 2.75) is 0 Å². The van der Waals surface area contributed by atoms with Crippen LogP contribution < -0.4 is 5.32 Å². The molecule has 1 rings (SSSR count). The highest BCUT2D eigenvalue weighted by molar-refractivity contribution is 5.73. The Balaban J connectivity index is 2.39. The predicted molar refractivity (Wildman–Crippen MR) is 42.5 cm³/mol. The van der Waals surface area contributed by atoms with Gasteiger partial charge in [-0.25, -0.2) is 10.1 Å². The third-order valence-electron chi connectivity index (χ3n) is 1.71. The molecule has 0 aliphatic carbocycles. The number of hydrogen-bond donors (Lipinski definition) is 0. The summed E-state index contributed by atoms with van der Waals surface area (Å²) in [6, 6.07) is 0.0971. The first kappa shape index (κ1) is 8.33. The van der Waals surface area contributed by atoms with E-state index < -0.39 is 0 Å². The van der Waals surface area contributed by atoms with Gasteiger partial charge in [0.25, 0.3) is 0 Å². The molecule has 1 fully saturated rings. The molecule has 4 heteroatoms. The summed E-state index contributed by atoms with van der Waals surface area (Å²) in [5.74, 6) is 0. The van der Waals surface area contributed by atoms with Gasteiger partial charge in [-0.15, -0.1) is 0 Å². The number of hydrogen-bond acceptors (Lipinski definition) is 1. The minimum atomic E-state index is 0.0971. The van der Waals surface area contributed by atoms with Crippen molar-refractivity contribution in [3.8, 4) is 0 Å². The molecular formula is C7H14N3O. The maximum atomic E-state index is 11.3. The van der Waals surface area contributed by atoms with E-state index in [1.54, 1.807) is 19.0 Å². The average Bonchev–Trinajstić information content (AvgIpc) is 2.05. The Morgan fingerprint density at radius 3 is 2.36 bits per heavy atom. The Kier molecular flexibility index (Phi) is 2.70. The molecule has 4 nitrogen and oxygen atoms in total. The zero-order chi connectivity index (χ0) is 8.27. The molecule has 0 saturated carbocycles. The lowest BCUT2D eigenvalue weighted by Gasteiger charge is -2.28. The van der Waals surface area contributed by atoms with Gasteiger partial charge in [-0.1, -0.05) is 0 Å². The smallest absolute Gasteiger partial charge is 0.319 e. The summed E-state index contributed by atoms with van der Waals surface area (Å²) in [6.07, 6.45) is 0. The average molecular weight is 156 g/mol. The molecule has 0 spiro atoms. The Labute approximate surface area is 67.2 Å². The lowest BCUT2D eigenvalue weighted by Crippen LogP contribution is -2.47. The van der Waals surface area contributed by atoms with Gasteiger partial charge in [-0.3, -0.25) is 0 Å². The van der Waals surface area contributed by atoms with Crippen LogP contribution >= 0.6 is 0 Å². The van der Waals surface area contributed by atoms with Gasteiger partial charge in [0.05, 0.1) is 0 Å². The van der Waals surface area contributed by atoms with E-state index in [2.05, 4.69) is 5.32 Å². The number of rotatable bonds is 0. The molecule has 1 aliphatic rings. The number of amides is 2. The normalized spacial score (nSPS) is 18.2. The third-order valence-corrected chi connectivity index (χ3v) is 1.71. The molecule has 1 heterocycles. The zero-order valence-corrected chi connectivity index (χ0v) is 7.08. The molecule has 1 radical (unpaired) electrons. The van der Waals surface area contributed by atoms with E-state index in [0.717, 1.165) is 26.2 Å². The van der Waals surface area contributed by atoms with Gasteiger partial charge in [0.1, 0.15) is 0 Å². The van der Waals surface area contributed by atoms with Crippen LogP contribution in [0, 0.1) is 0 Å². The van der Waals surface area contributed by atoms with E-state index in [1.165, 1.54) is 0 Å². The highest BCUT2D eigenvalue weighted by Gasteiger charge is 2.17. The molecule has 0 unspecified atom stereocenters. The number of nitrogens with zero attached hydrogens (tertiary/aromatic N) is 3. The van der Waals surface area contributed by atoms with Gasteiger partial charge < -0.3 is 9.80 Å². The largest absolute Gasteiger partial charge is 0.331 e. The monoisotopic (exact) mass is 156 g/mol. The molecule has 63 valence electrons. The summed E-state index contributed by atoms with van der Waals surface area (Å²) in [6.45, 7) is 3.13. The number of carbonyl (C=O) groups is 1. The van der Waals surface area contributed by atoms with Crippen molar-refractivity contribution in [1.29, 1.82) is 0 Å². The summed E-state index contributed by atoms with van der Waals surface area (Å²) < 4.78 is 0. The van der Waals surface area contributed by atoms with Crippen LogP contribution in [0.4, 0.5) is 4.79 Å². The summed E-state index contributed by atoms with van der Waals surface area (Å²) in [5.41, 5.74) is 0. The molecule has 0 atom stereocenters. The first-order valence-electron chi connectivity index (χ1n) is 3.81. The topological polar surface area (TPSA) is 37.7 Å². The van der Waals surface area contributed by atoms with E-state index in [-0.39, 0.29) is 6.03 Å². The van der Waals surface area contributed by atoms with Crippen molar-refractivity contribution in [3.63, 3.8) is 0 Å². The summed E-state index contributed by atoms with van der Waals surface area (Å²) >= 11 is 0. The predicted octanol–water partition coefficient (Wildman–Crippen LogP) is -0.412. The van der Waals surface area contributed by atoms with Crippen molar-refractivity contribution in [1.82, 2.24) is 15.1 Å². The second-order valence-corrected chi connectivity index (χ2v) is 2.83. The summed E-state index contributed by atoms with van der Waals surface area (Å²) in [4.78, 5) is 14.7. The van der Waals surface area contributed by atoms with E-state index in [9.17, 15) is 4.79 Å². The maximum absolute atomic E-state index is 11.3. The molecule has 0 N–H and O–H groups in total. The molecule has 2 amide bonds. The van der Waals surface area contributed by atoms with Crippen molar-refractivity contribution in [3.05, 3.63) is 0 Å². The molecule has 0 aromatic rings. The minimum Gasteiger partial charge on any atom is -0.331 e. The van der Waals surface area contributed by atoms with Crippen LogP contribution in [0.25, 0.3) is 0 Å². The van der Waals surface area contributed by atoms with Crippen LogP contribution in [0.5, 0.6) is 0 Å². The fourth-order valence-corrected chi connectivity index (χ4v) is 1.08. The SMILES string of the molecule is CN(C)C(=O)N1CC[N]CC1. The molecule has 0 aromatic carbocycles. The number of piperazine rings is 1. The molecule has 0 aromatic heterocycles. The zero-order valence-electron chi connectivity index (χ0n) is 7.08. The first-order valence-corrected chi connectivity index (χ1v) is 3.81. The van der Waals surface area contributed by atoms with Crippen LogP contribution in [0.3, 0.4) is 0 Å². The molecular weight excluding hydrogens is 142 g/mol. The van der Waals surface area contributed by atoms with Crippen molar-refractivity contribution in [2.24, 2.45) is 0 Å². The van der Waals surface area contributed by atoms with Gasteiger partial charge in [0.15, 0.2) is 0 Å². The maximum Gasteiger partial charge on any atom is 0.319 e. The van der Waals surface area contributed by atoms with Crippen molar-refractivity contribution >= 4 is 6.03 Å². The van der Waals surface area contributed by atoms with Crippen LogP contribution in [-0.4, -0.2) is 56.1 Å². The molecule has 11 heavy (non-hydrogen) atoms. The van der Waals surface area contributed by atoms with Crippen LogP contribution in [0.1, 0.15) is 0 Å². The Bertz CT molecular complexity index is 141. The highest BCUT2D eigenvalue weighted by atomic mass is 16.2. The van der Waals surface area contributed by atoms with E-state index in [0.29, 0.717) is 0 Å². The standard InChI is InChI=1S/C7H14N3O/c1-9(2)7(11)10-5-3-8-4-6-10/h3-6H2,1-2H3. The lowest BCUT2D eigenvalue weighted by molar-refractivity contribution is 0.163. The quantitative estimate of drug-likeness (QED) is 0.469. The second kappa shape index (κ2) is 3.57. The minimum absolute atomic E-state index is 0.0971. The summed E-state index contributed by atoms with van der Waals surface area (Å²) in [7, 11) is 3.54. The first-order chi connectivity index (χ1) is 5.22. The van der Waals surface area contributed by atoms with Crippen molar-refractivity contribution in [2.75, 3.05) is 40.3 Å². The molecule has 1 aliphatic heterocycles. The Morgan fingerprint density at radius 1 is 1.36 bits per heavy atom. The van der Waals surface area contributed by atoms with Crippen LogP contribution in [0.15, 0.2) is 0 Å². The second-order valence-electron chi connectivity index (χ2n) is 2.83. The fraction of sp³-hybridized carbons (Fsp3) is 0.857. The van der Waals surface area contributed by atoms with Gasteiger partial charge >= 0.3 is 6.03 Å². The summed E-state index contributed by atoms with van der Waals surface area (Å²) in [5, 5.41) is 4.16. The van der Waals surface area contributed by atoms with E-state index >= 15 is 0 Å². The Morgan fingerprint density at radius 2 is 1.91 bits per heavy atom. The number of carbonyl (C=O) groups excluding carboxylic acids is 1.